The maximum Gasteiger partial charge on any atom is 0.342 e. The molecule has 1 fully saturated rings. The fraction of sp³-hybridized carbons (Fsp3) is 0.419. The number of fused-ring (bicyclic) bond motifs is 2. The van der Waals surface area contributed by atoms with E-state index in [9.17, 15) is 9.59 Å². The molecule has 2 aromatic rings. The SMILES string of the molecule is COCOc1cc(OC)cc2c1C(=O)OC(C)C/C=C(/F)C(OC(=O)c1ccccc1)C1OC(C)(C)O[C@@H]1C/C=C/2. The summed E-state index contributed by atoms with van der Waals surface area (Å²) in [7, 11) is 2.97. The molecule has 0 spiro atoms. The third-order valence-corrected chi connectivity index (χ3v) is 6.53. The number of ether oxygens (including phenoxy) is 7. The molecule has 2 heterocycles. The molecule has 0 amide bonds. The highest BCUT2D eigenvalue weighted by Gasteiger charge is 2.47. The van der Waals surface area contributed by atoms with E-state index in [1.54, 1.807) is 75.4 Å². The van der Waals surface area contributed by atoms with Crippen molar-refractivity contribution < 1.29 is 47.1 Å². The first-order valence-corrected chi connectivity index (χ1v) is 13.3. The molecule has 0 aliphatic carbocycles. The Bertz CT molecular complexity index is 1290. The van der Waals surface area contributed by atoms with Crippen LogP contribution in [-0.2, 0) is 23.7 Å². The summed E-state index contributed by atoms with van der Waals surface area (Å²) in [5, 5.41) is 0. The van der Waals surface area contributed by atoms with E-state index in [4.69, 9.17) is 33.2 Å². The molecule has 220 valence electrons. The van der Waals surface area contributed by atoms with Crippen LogP contribution in [0.15, 0.2) is 60.4 Å². The quantitative estimate of drug-likeness (QED) is 0.323. The van der Waals surface area contributed by atoms with Gasteiger partial charge < -0.3 is 33.2 Å². The first-order chi connectivity index (χ1) is 19.6. The fourth-order valence-electron chi connectivity index (χ4n) is 4.67. The molecule has 4 rings (SSSR count). The summed E-state index contributed by atoms with van der Waals surface area (Å²) < 4.78 is 55.5. The number of benzene rings is 2. The molecule has 10 heteroatoms. The van der Waals surface area contributed by atoms with Crippen LogP contribution in [0, 0.1) is 0 Å². The Balaban J connectivity index is 1.74. The van der Waals surface area contributed by atoms with Gasteiger partial charge in [0.1, 0.15) is 35.1 Å². The lowest BCUT2D eigenvalue weighted by molar-refractivity contribution is -0.154. The maximum absolute atomic E-state index is 15.8. The molecule has 9 nitrogen and oxygen atoms in total. The molecule has 3 unspecified atom stereocenters. The van der Waals surface area contributed by atoms with Gasteiger partial charge in [-0.05, 0) is 57.0 Å². The molecule has 41 heavy (non-hydrogen) atoms. The number of carbonyl (C=O) groups is 2. The summed E-state index contributed by atoms with van der Waals surface area (Å²) in [4.78, 5) is 26.3. The molecule has 0 saturated carbocycles. The number of hydrogen-bond donors (Lipinski definition) is 0. The minimum absolute atomic E-state index is 0.00812. The van der Waals surface area contributed by atoms with E-state index < -0.39 is 48.0 Å². The van der Waals surface area contributed by atoms with Crippen molar-refractivity contribution in [2.75, 3.05) is 21.0 Å². The van der Waals surface area contributed by atoms with E-state index in [2.05, 4.69) is 0 Å². The second-order valence-corrected chi connectivity index (χ2v) is 10.1. The van der Waals surface area contributed by atoms with Crippen molar-refractivity contribution in [1.82, 2.24) is 0 Å². The fourth-order valence-corrected chi connectivity index (χ4v) is 4.67. The molecular formula is C31H35FO9. The third-order valence-electron chi connectivity index (χ3n) is 6.53. The molecular weight excluding hydrogens is 535 g/mol. The zero-order valence-electron chi connectivity index (χ0n) is 23.8. The van der Waals surface area contributed by atoms with Crippen LogP contribution in [0.2, 0.25) is 0 Å². The number of esters is 2. The summed E-state index contributed by atoms with van der Waals surface area (Å²) in [6.45, 7) is 4.95. The lowest BCUT2D eigenvalue weighted by Crippen LogP contribution is -2.39. The summed E-state index contributed by atoms with van der Waals surface area (Å²) in [5.74, 6) is -2.49. The zero-order chi connectivity index (χ0) is 29.6. The zero-order valence-corrected chi connectivity index (χ0v) is 23.8. The van der Waals surface area contributed by atoms with Gasteiger partial charge in [0.25, 0.3) is 0 Å². The Morgan fingerprint density at radius 1 is 1.10 bits per heavy atom. The Hall–Kier alpha value is -3.73. The Morgan fingerprint density at radius 2 is 1.85 bits per heavy atom. The standard InChI is InChI=1S/C31H35FO9/c1-19-14-15-23(32)27(39-29(33)20-10-7-6-8-11-20)28-24(40-31(2,3)41-28)13-9-12-21-16-22(36-5)17-25(37-18-35-4)26(21)30(34)38-19/h6-12,15-17,19,24,27-28H,13-14,18H2,1-5H3/b12-9+,23-15+/t19?,24-,27?,28?/m1/s1. The normalized spacial score (nSPS) is 26.3. The Kier molecular flexibility index (Phi) is 9.80. The minimum Gasteiger partial charge on any atom is -0.497 e. The first-order valence-electron chi connectivity index (χ1n) is 13.3. The Morgan fingerprint density at radius 3 is 2.56 bits per heavy atom. The molecule has 1 saturated heterocycles. The van der Waals surface area contributed by atoms with Gasteiger partial charge in [0.05, 0.1) is 18.8 Å². The van der Waals surface area contributed by atoms with Crippen LogP contribution in [0.1, 0.15) is 59.9 Å². The highest BCUT2D eigenvalue weighted by atomic mass is 19.1. The van der Waals surface area contributed by atoms with Crippen molar-refractivity contribution in [2.24, 2.45) is 0 Å². The molecule has 4 atom stereocenters. The van der Waals surface area contributed by atoms with Gasteiger partial charge in [-0.15, -0.1) is 0 Å². The lowest BCUT2D eigenvalue weighted by atomic mass is 10.00. The summed E-state index contributed by atoms with van der Waals surface area (Å²) >= 11 is 0. The van der Waals surface area contributed by atoms with Crippen molar-refractivity contribution in [3.63, 3.8) is 0 Å². The van der Waals surface area contributed by atoms with Crippen LogP contribution in [0.5, 0.6) is 11.5 Å². The number of methoxy groups -OCH3 is 2. The first kappa shape index (κ1) is 30.2. The summed E-state index contributed by atoms with van der Waals surface area (Å²) in [5.41, 5.74) is 0.921. The van der Waals surface area contributed by atoms with Crippen LogP contribution in [0.4, 0.5) is 4.39 Å². The largest absolute Gasteiger partial charge is 0.497 e. The van der Waals surface area contributed by atoms with Crippen LogP contribution in [0.3, 0.4) is 0 Å². The second-order valence-electron chi connectivity index (χ2n) is 10.1. The monoisotopic (exact) mass is 570 g/mol. The molecule has 0 N–H and O–H groups in total. The Labute approximate surface area is 238 Å². The van der Waals surface area contributed by atoms with E-state index in [1.807, 2.05) is 0 Å². The van der Waals surface area contributed by atoms with Crippen LogP contribution >= 0.6 is 0 Å². The molecule has 0 radical (unpaired) electrons. The number of hydrogen-bond acceptors (Lipinski definition) is 9. The third kappa shape index (κ3) is 7.52. The number of carbonyl (C=O) groups excluding carboxylic acids is 2. The van der Waals surface area contributed by atoms with Gasteiger partial charge in [0.2, 0.25) is 0 Å². The molecule has 2 aliphatic heterocycles. The lowest BCUT2D eigenvalue weighted by Gasteiger charge is -2.26. The van der Waals surface area contributed by atoms with Crippen molar-refractivity contribution in [3.8, 4) is 11.5 Å². The van der Waals surface area contributed by atoms with Crippen molar-refractivity contribution >= 4 is 18.0 Å². The van der Waals surface area contributed by atoms with Crippen LogP contribution in [-0.4, -0.2) is 63.2 Å². The molecule has 2 aromatic carbocycles. The van der Waals surface area contributed by atoms with Crippen molar-refractivity contribution in [3.05, 3.63) is 77.1 Å². The van der Waals surface area contributed by atoms with Gasteiger partial charge in [-0.1, -0.05) is 30.4 Å². The molecule has 0 bridgehead atoms. The summed E-state index contributed by atoms with van der Waals surface area (Å²) in [6, 6.07) is 11.6. The second kappa shape index (κ2) is 13.3. The highest BCUT2D eigenvalue weighted by molar-refractivity contribution is 5.97. The van der Waals surface area contributed by atoms with Crippen LogP contribution in [0.25, 0.3) is 6.08 Å². The molecule has 2 aliphatic rings. The number of halogens is 1. The number of rotatable bonds is 6. The topological polar surface area (TPSA) is 98.8 Å². The van der Waals surface area contributed by atoms with E-state index >= 15 is 4.39 Å². The average molecular weight is 571 g/mol. The van der Waals surface area contributed by atoms with Gasteiger partial charge in [-0.3, -0.25) is 0 Å². The van der Waals surface area contributed by atoms with Gasteiger partial charge >= 0.3 is 11.9 Å². The predicted octanol–water partition coefficient (Wildman–Crippen LogP) is 5.63. The van der Waals surface area contributed by atoms with E-state index in [-0.39, 0.29) is 36.5 Å². The van der Waals surface area contributed by atoms with Gasteiger partial charge in [0.15, 0.2) is 18.7 Å². The predicted molar refractivity (Wildman–Crippen MR) is 147 cm³/mol. The van der Waals surface area contributed by atoms with E-state index in [0.29, 0.717) is 11.3 Å². The van der Waals surface area contributed by atoms with Gasteiger partial charge in [0, 0.05) is 19.6 Å². The van der Waals surface area contributed by atoms with Crippen LogP contribution < -0.4 is 9.47 Å². The minimum atomic E-state index is -1.39. The van der Waals surface area contributed by atoms with E-state index in [1.165, 1.54) is 20.3 Å². The smallest absolute Gasteiger partial charge is 0.342 e. The highest BCUT2D eigenvalue weighted by Crippen LogP contribution is 2.37. The van der Waals surface area contributed by atoms with Crippen molar-refractivity contribution in [2.45, 2.75) is 63.8 Å². The van der Waals surface area contributed by atoms with E-state index in [0.717, 1.165) is 0 Å². The number of cyclic esters (lactones) is 1. The van der Waals surface area contributed by atoms with Gasteiger partial charge in [-0.25, -0.2) is 14.0 Å². The van der Waals surface area contributed by atoms with Crippen molar-refractivity contribution in [1.29, 1.82) is 0 Å². The van der Waals surface area contributed by atoms with Gasteiger partial charge in [-0.2, -0.15) is 0 Å². The average Bonchev–Trinajstić information content (AvgIpc) is 3.26. The molecule has 0 aromatic heterocycles. The summed E-state index contributed by atoms with van der Waals surface area (Å²) in [6.07, 6.45) is 1.21. The maximum atomic E-state index is 15.8.